The summed E-state index contributed by atoms with van der Waals surface area (Å²) >= 11 is 0. The fraction of sp³-hybridized carbons (Fsp3) is 0. The molecule has 1 nitrogen and oxygen atoms in total. The van der Waals surface area contributed by atoms with Crippen LogP contribution in [0, 0.1) is 0 Å². The normalized spacial score (nSPS) is 18.0. The molecule has 0 unspecified atom stereocenters. The molecule has 0 aliphatic heterocycles. The molecule has 0 bridgehead atoms. The number of rotatable bonds is 4. The van der Waals surface area contributed by atoms with E-state index in [4.69, 9.17) is 25.0 Å². The van der Waals surface area contributed by atoms with Crippen LogP contribution in [0.5, 0.6) is 0 Å². The van der Waals surface area contributed by atoms with Gasteiger partial charge in [0.05, 0.1) is 30.2 Å². The molecule has 9 aromatic carbocycles. The first-order chi connectivity index (χ1) is 33.5. The lowest BCUT2D eigenvalue weighted by Crippen LogP contribution is -1.91. The molecule has 1 aromatic heterocycles. The zero-order valence-corrected chi connectivity index (χ0v) is 25.0. The quantitative estimate of drug-likeness (QED) is 0.174. The molecule has 228 valence electrons. The Bertz CT molecular complexity index is 4000. The van der Waals surface area contributed by atoms with Crippen LogP contribution in [0.2, 0.25) is 0 Å². The highest BCUT2D eigenvalue weighted by atomic mass is 16.3. The smallest absolute Gasteiger partial charge is 0.143 e. The third kappa shape index (κ3) is 4.47. The van der Waals surface area contributed by atoms with Crippen LogP contribution in [0.4, 0.5) is 0 Å². The second-order valence-electron chi connectivity index (χ2n) is 11.1. The van der Waals surface area contributed by atoms with Gasteiger partial charge in [0.1, 0.15) is 11.2 Å². The maximum absolute atomic E-state index is 9.66. The molecule has 0 radical (unpaired) electrons. The summed E-state index contributed by atoms with van der Waals surface area (Å²) in [5.41, 5.74) is -3.01. The second kappa shape index (κ2) is 11.1. The van der Waals surface area contributed by atoms with Crippen molar-refractivity contribution in [2.75, 3.05) is 0 Å². The second-order valence-corrected chi connectivity index (χ2v) is 11.1. The molecule has 0 N–H and O–H groups in total. The Morgan fingerprint density at radius 2 is 0.816 bits per heavy atom. The van der Waals surface area contributed by atoms with Crippen molar-refractivity contribution < 1.29 is 34.6 Å². The molecule has 0 saturated carbocycles. The van der Waals surface area contributed by atoms with Crippen LogP contribution >= 0.6 is 0 Å². The summed E-state index contributed by atoms with van der Waals surface area (Å²) in [7, 11) is 0. The number of hydrogen-bond acceptors (Lipinski definition) is 1. The molecular formula is C48H30O. The number of fused-ring (bicyclic) bond motifs is 7. The molecule has 0 aliphatic carbocycles. The van der Waals surface area contributed by atoms with Gasteiger partial charge in [0.25, 0.3) is 0 Å². The van der Waals surface area contributed by atoms with Gasteiger partial charge in [-0.1, -0.05) is 163 Å². The average Bonchev–Trinajstić information content (AvgIpc) is 3.76. The Morgan fingerprint density at radius 1 is 0.347 bits per heavy atom. The van der Waals surface area contributed by atoms with Crippen molar-refractivity contribution in [3.8, 4) is 44.5 Å². The van der Waals surface area contributed by atoms with Gasteiger partial charge in [0.15, 0.2) is 0 Å². The lowest BCUT2D eigenvalue weighted by atomic mass is 9.85. The molecule has 0 fully saturated rings. The average molecular weight is 645 g/mol. The Labute approximate surface area is 315 Å². The molecule has 10 rings (SSSR count). The molecule has 0 amide bonds. The summed E-state index contributed by atoms with van der Waals surface area (Å²) in [6.07, 6.45) is 0. The minimum Gasteiger partial charge on any atom is -0.455 e. The van der Waals surface area contributed by atoms with Crippen LogP contribution in [-0.2, 0) is 0 Å². The predicted molar refractivity (Wildman–Crippen MR) is 208 cm³/mol. The first-order valence-electron chi connectivity index (χ1n) is 26.1. The predicted octanol–water partition coefficient (Wildman–Crippen LogP) is 13.7. The van der Waals surface area contributed by atoms with Gasteiger partial charge in [-0.2, -0.15) is 0 Å². The van der Waals surface area contributed by atoms with E-state index in [1.54, 1.807) is 48.5 Å². The third-order valence-electron chi connectivity index (χ3n) is 8.37. The van der Waals surface area contributed by atoms with Crippen LogP contribution in [0.3, 0.4) is 0 Å². The van der Waals surface area contributed by atoms with E-state index < -0.39 is 155 Å². The van der Waals surface area contributed by atoms with Crippen molar-refractivity contribution in [3.05, 3.63) is 181 Å². The van der Waals surface area contributed by atoms with E-state index in [2.05, 4.69) is 0 Å². The first-order valence-corrected chi connectivity index (χ1v) is 15.1. The molecule has 0 saturated heterocycles. The van der Waals surface area contributed by atoms with Gasteiger partial charge < -0.3 is 4.42 Å². The number of furan rings is 1. The summed E-state index contributed by atoms with van der Waals surface area (Å²) in [6.45, 7) is 0. The van der Waals surface area contributed by atoms with E-state index in [-0.39, 0.29) is 55.0 Å². The van der Waals surface area contributed by atoms with Crippen molar-refractivity contribution >= 4 is 54.3 Å². The van der Waals surface area contributed by atoms with E-state index >= 15 is 0 Å². The molecule has 0 aliphatic rings. The zero-order chi connectivity index (χ0) is 51.5. The standard InChI is InChI=1S/C48H30O/c1-2-10-31(11-3-1)32-18-20-33(21-19-32)34-22-24-36(25-23-34)46-40-14-6-8-16-42(40)47(43-17-9-7-15-41(43)46)37-27-28-39-44-29-26-35-12-4-5-13-38(35)48(44)49-45(39)30-37/h1-30H/i1D,2D,3D,4D,5D,10D,11D,12D,13D,18D,19D,20D,21D,22D,23D,24D,25D,26D,27D,28D,29D,30D. The van der Waals surface area contributed by atoms with Gasteiger partial charge in [-0.05, 0) is 89.6 Å². The molecule has 0 spiro atoms. The Hall–Kier alpha value is -6.44. The van der Waals surface area contributed by atoms with Crippen LogP contribution in [0.25, 0.3) is 98.8 Å². The highest BCUT2D eigenvalue weighted by molar-refractivity contribution is 6.22. The van der Waals surface area contributed by atoms with Crippen molar-refractivity contribution in [3.63, 3.8) is 0 Å². The third-order valence-corrected chi connectivity index (χ3v) is 8.37. The molecule has 49 heavy (non-hydrogen) atoms. The topological polar surface area (TPSA) is 13.1 Å². The van der Waals surface area contributed by atoms with Crippen LogP contribution in [-0.4, -0.2) is 0 Å². The van der Waals surface area contributed by atoms with Gasteiger partial charge in [0, 0.05) is 16.2 Å². The summed E-state index contributed by atoms with van der Waals surface area (Å²) in [5.74, 6) is 0. The maximum Gasteiger partial charge on any atom is 0.143 e. The minimum absolute atomic E-state index is 0.130. The van der Waals surface area contributed by atoms with Crippen molar-refractivity contribution in [1.29, 1.82) is 0 Å². The lowest BCUT2D eigenvalue weighted by molar-refractivity contribution is 0.673. The minimum atomic E-state index is -0.856. The largest absolute Gasteiger partial charge is 0.455 e. The van der Waals surface area contributed by atoms with E-state index in [0.29, 0.717) is 21.5 Å². The zero-order valence-electron chi connectivity index (χ0n) is 47.0. The monoisotopic (exact) mass is 644 g/mol. The molecular weight excluding hydrogens is 593 g/mol. The van der Waals surface area contributed by atoms with E-state index in [1.165, 1.54) is 0 Å². The fourth-order valence-corrected chi connectivity index (χ4v) is 6.20. The number of benzene rings is 9. The highest BCUT2D eigenvalue weighted by Crippen LogP contribution is 2.45. The lowest BCUT2D eigenvalue weighted by Gasteiger charge is -2.18. The van der Waals surface area contributed by atoms with E-state index in [9.17, 15) is 9.60 Å². The van der Waals surface area contributed by atoms with Gasteiger partial charge in [-0.15, -0.1) is 0 Å². The molecule has 10 aromatic rings. The Balaban J connectivity index is 1.25. The number of hydrogen-bond donors (Lipinski definition) is 0. The molecule has 0 atom stereocenters. The van der Waals surface area contributed by atoms with Gasteiger partial charge in [-0.25, -0.2) is 0 Å². The summed E-state index contributed by atoms with van der Waals surface area (Å²) in [4.78, 5) is 0. The first kappa shape index (κ1) is 13.6. The maximum atomic E-state index is 9.66. The summed E-state index contributed by atoms with van der Waals surface area (Å²) in [5, 5.41) is 0.329. The summed E-state index contributed by atoms with van der Waals surface area (Å²) < 4.78 is 201. The van der Waals surface area contributed by atoms with Crippen molar-refractivity contribution in [2.24, 2.45) is 0 Å². The van der Waals surface area contributed by atoms with Gasteiger partial charge in [-0.3, -0.25) is 0 Å². The fourth-order valence-electron chi connectivity index (χ4n) is 6.20. The SMILES string of the molecule is [2H]c1c([2H])c([2H])c(-c2c([2H])c([2H])c(-c3c([2H])c([2H])c(-c4c5ccccc5c(-c5c([2H])c([2H])c6c(oc7c8c([2H])c([2H])c([2H])c([2H])c8c([2H])c([2H])c76)c5[2H])c5ccccc45)c([2H])c3[2H])c([2H])c2[2H])c([2H])c1[2H]. The van der Waals surface area contributed by atoms with Crippen LogP contribution in [0.1, 0.15) is 30.2 Å². The van der Waals surface area contributed by atoms with Crippen molar-refractivity contribution in [2.45, 2.75) is 0 Å². The van der Waals surface area contributed by atoms with Gasteiger partial charge in [0.2, 0.25) is 0 Å². The Morgan fingerprint density at radius 3 is 1.43 bits per heavy atom. The highest BCUT2D eigenvalue weighted by Gasteiger charge is 2.18. The molecule has 1 heteroatoms. The van der Waals surface area contributed by atoms with E-state index in [0.717, 1.165) is 0 Å². The summed E-state index contributed by atoms with van der Waals surface area (Å²) in [6, 6.07) is -1.96. The molecule has 1 heterocycles. The van der Waals surface area contributed by atoms with Crippen LogP contribution in [0.15, 0.2) is 186 Å². The van der Waals surface area contributed by atoms with E-state index in [1.807, 2.05) is 0 Å². The van der Waals surface area contributed by atoms with Crippen LogP contribution < -0.4 is 0 Å². The van der Waals surface area contributed by atoms with Gasteiger partial charge >= 0.3 is 0 Å². The van der Waals surface area contributed by atoms with Crippen molar-refractivity contribution in [1.82, 2.24) is 0 Å². The Kier molecular flexibility index (Phi) is 3.07.